The van der Waals surface area contributed by atoms with Gasteiger partial charge in [-0.3, -0.25) is 0 Å². The van der Waals surface area contributed by atoms with Crippen LogP contribution in [0, 0.1) is 5.92 Å². The van der Waals surface area contributed by atoms with E-state index in [1.165, 1.54) is 0 Å². The third-order valence-corrected chi connectivity index (χ3v) is 4.02. The normalized spacial score (nSPS) is 27.6. The lowest BCUT2D eigenvalue weighted by molar-refractivity contribution is 0.230. The van der Waals surface area contributed by atoms with Crippen molar-refractivity contribution in [3.63, 3.8) is 0 Å². The third kappa shape index (κ3) is 2.40. The predicted molar refractivity (Wildman–Crippen MR) is 70.5 cm³/mol. The first-order valence-electron chi connectivity index (χ1n) is 6.46. The van der Waals surface area contributed by atoms with Crippen LogP contribution < -0.4 is 5.73 Å². The predicted octanol–water partition coefficient (Wildman–Crippen LogP) is 3.35. The standard InChI is InChI=1S/C13H16ClN3O2/c1-8-4-6-13(15,7-5-8)12-16-11(19-17-12)9-2-3-10(14)18-9/h2-3,8H,4-7,15H2,1H3. The lowest BCUT2D eigenvalue weighted by atomic mass is 9.77. The molecule has 5 nitrogen and oxygen atoms in total. The minimum atomic E-state index is -0.482. The van der Waals surface area contributed by atoms with Crippen molar-refractivity contribution in [3.8, 4) is 11.7 Å². The van der Waals surface area contributed by atoms with Crippen molar-refractivity contribution in [2.45, 2.75) is 38.1 Å². The maximum Gasteiger partial charge on any atom is 0.293 e. The van der Waals surface area contributed by atoms with Crippen molar-refractivity contribution >= 4 is 11.6 Å². The van der Waals surface area contributed by atoms with Gasteiger partial charge in [0.15, 0.2) is 16.8 Å². The van der Waals surface area contributed by atoms with Crippen LogP contribution in [-0.2, 0) is 5.54 Å². The second kappa shape index (κ2) is 4.65. The van der Waals surface area contributed by atoms with E-state index < -0.39 is 5.54 Å². The molecule has 0 bridgehead atoms. The molecular formula is C13H16ClN3O2. The van der Waals surface area contributed by atoms with E-state index in [0.717, 1.165) is 25.7 Å². The Morgan fingerprint density at radius 3 is 2.74 bits per heavy atom. The molecule has 0 saturated heterocycles. The first-order chi connectivity index (χ1) is 9.07. The van der Waals surface area contributed by atoms with Gasteiger partial charge in [0.1, 0.15) is 0 Å². The summed E-state index contributed by atoms with van der Waals surface area (Å²) in [6.45, 7) is 2.24. The Hall–Kier alpha value is -1.33. The molecular weight excluding hydrogens is 266 g/mol. The molecule has 6 heteroatoms. The number of rotatable bonds is 2. The molecule has 2 N–H and O–H groups in total. The van der Waals surface area contributed by atoms with Crippen LogP contribution in [0.4, 0.5) is 0 Å². The minimum Gasteiger partial charge on any atom is -0.440 e. The number of hydrogen-bond acceptors (Lipinski definition) is 5. The highest BCUT2D eigenvalue weighted by Gasteiger charge is 2.36. The van der Waals surface area contributed by atoms with Crippen LogP contribution in [-0.4, -0.2) is 10.1 Å². The topological polar surface area (TPSA) is 78.1 Å². The van der Waals surface area contributed by atoms with E-state index >= 15 is 0 Å². The quantitative estimate of drug-likeness (QED) is 0.913. The Kier molecular flexibility index (Phi) is 3.11. The zero-order chi connectivity index (χ0) is 13.5. The summed E-state index contributed by atoms with van der Waals surface area (Å²) in [7, 11) is 0. The van der Waals surface area contributed by atoms with E-state index in [1.807, 2.05) is 0 Å². The lowest BCUT2D eigenvalue weighted by Gasteiger charge is -2.33. The molecule has 19 heavy (non-hydrogen) atoms. The van der Waals surface area contributed by atoms with Gasteiger partial charge in [-0.05, 0) is 55.3 Å². The fourth-order valence-electron chi connectivity index (χ4n) is 2.46. The summed E-state index contributed by atoms with van der Waals surface area (Å²) in [5.41, 5.74) is 5.92. The van der Waals surface area contributed by atoms with Crippen LogP contribution in [0.25, 0.3) is 11.7 Å². The van der Waals surface area contributed by atoms with E-state index in [4.69, 9.17) is 26.3 Å². The molecule has 1 aliphatic carbocycles. The molecule has 2 aromatic rings. The summed E-state index contributed by atoms with van der Waals surface area (Å²) >= 11 is 5.73. The average molecular weight is 282 g/mol. The van der Waals surface area contributed by atoms with Gasteiger partial charge in [0.2, 0.25) is 0 Å². The zero-order valence-corrected chi connectivity index (χ0v) is 11.5. The smallest absolute Gasteiger partial charge is 0.293 e. The average Bonchev–Trinajstić information content (AvgIpc) is 3.02. The number of aromatic nitrogens is 2. The monoisotopic (exact) mass is 281 g/mol. The third-order valence-electron chi connectivity index (χ3n) is 3.82. The summed E-state index contributed by atoms with van der Waals surface area (Å²) in [6, 6.07) is 3.34. The molecule has 0 unspecified atom stereocenters. The van der Waals surface area contributed by atoms with Crippen molar-refractivity contribution in [1.82, 2.24) is 10.1 Å². The Balaban J connectivity index is 1.85. The number of hydrogen-bond donors (Lipinski definition) is 1. The largest absolute Gasteiger partial charge is 0.440 e. The molecule has 2 heterocycles. The maximum absolute atomic E-state index is 6.40. The molecule has 1 fully saturated rings. The van der Waals surface area contributed by atoms with Crippen LogP contribution in [0.2, 0.25) is 5.22 Å². The van der Waals surface area contributed by atoms with Gasteiger partial charge < -0.3 is 14.7 Å². The highest BCUT2D eigenvalue weighted by Crippen LogP contribution is 2.36. The SMILES string of the molecule is CC1CCC(N)(c2noc(-c3ccc(Cl)o3)n2)CC1. The molecule has 0 aromatic carbocycles. The van der Waals surface area contributed by atoms with Crippen molar-refractivity contribution in [1.29, 1.82) is 0 Å². The summed E-state index contributed by atoms with van der Waals surface area (Å²) in [5, 5.41) is 4.30. The molecule has 0 atom stereocenters. The second-order valence-electron chi connectivity index (χ2n) is 5.37. The molecule has 0 radical (unpaired) electrons. The second-order valence-corrected chi connectivity index (χ2v) is 5.74. The van der Waals surface area contributed by atoms with Gasteiger partial charge in [0.05, 0.1) is 5.54 Å². The molecule has 3 rings (SSSR count). The van der Waals surface area contributed by atoms with Gasteiger partial charge in [0, 0.05) is 0 Å². The first-order valence-corrected chi connectivity index (χ1v) is 6.83. The summed E-state index contributed by atoms with van der Waals surface area (Å²) in [4.78, 5) is 4.36. The van der Waals surface area contributed by atoms with E-state index in [2.05, 4.69) is 17.1 Å². The summed E-state index contributed by atoms with van der Waals surface area (Å²) in [6.07, 6.45) is 3.94. The van der Waals surface area contributed by atoms with Crippen molar-refractivity contribution < 1.29 is 8.94 Å². The first kappa shape index (κ1) is 12.7. The molecule has 1 aliphatic rings. The van der Waals surface area contributed by atoms with Crippen LogP contribution in [0.3, 0.4) is 0 Å². The van der Waals surface area contributed by atoms with Crippen molar-refractivity contribution in [2.75, 3.05) is 0 Å². The van der Waals surface area contributed by atoms with Crippen LogP contribution >= 0.6 is 11.6 Å². The van der Waals surface area contributed by atoms with Gasteiger partial charge in [-0.1, -0.05) is 12.1 Å². The Morgan fingerprint density at radius 2 is 2.11 bits per heavy atom. The number of halogens is 1. The number of nitrogens with zero attached hydrogens (tertiary/aromatic N) is 2. The van der Waals surface area contributed by atoms with E-state index in [-0.39, 0.29) is 0 Å². The Morgan fingerprint density at radius 1 is 1.37 bits per heavy atom. The lowest BCUT2D eigenvalue weighted by Crippen LogP contribution is -2.41. The van der Waals surface area contributed by atoms with Gasteiger partial charge in [0.25, 0.3) is 5.89 Å². The summed E-state index contributed by atoms with van der Waals surface area (Å²) in [5.74, 6) is 2.07. The number of furan rings is 1. The van der Waals surface area contributed by atoms with Crippen molar-refractivity contribution in [3.05, 3.63) is 23.2 Å². The molecule has 1 saturated carbocycles. The zero-order valence-electron chi connectivity index (χ0n) is 10.7. The maximum atomic E-state index is 6.40. The van der Waals surface area contributed by atoms with Crippen LogP contribution in [0.15, 0.2) is 21.1 Å². The van der Waals surface area contributed by atoms with Gasteiger partial charge >= 0.3 is 0 Å². The highest BCUT2D eigenvalue weighted by molar-refractivity contribution is 6.28. The molecule has 0 spiro atoms. The van der Waals surface area contributed by atoms with E-state index in [1.54, 1.807) is 12.1 Å². The highest BCUT2D eigenvalue weighted by atomic mass is 35.5. The van der Waals surface area contributed by atoms with Gasteiger partial charge in [-0.15, -0.1) is 0 Å². The number of nitrogens with two attached hydrogens (primary N) is 1. The fraction of sp³-hybridized carbons (Fsp3) is 0.538. The Labute approximate surface area is 116 Å². The molecule has 2 aromatic heterocycles. The van der Waals surface area contributed by atoms with E-state index in [0.29, 0.717) is 28.6 Å². The minimum absolute atomic E-state index is 0.295. The van der Waals surface area contributed by atoms with E-state index in [9.17, 15) is 0 Å². The van der Waals surface area contributed by atoms with Gasteiger partial charge in [-0.25, -0.2) is 0 Å². The Bertz CT molecular complexity index is 570. The molecule has 102 valence electrons. The molecule has 0 aliphatic heterocycles. The van der Waals surface area contributed by atoms with Crippen LogP contribution in [0.1, 0.15) is 38.4 Å². The van der Waals surface area contributed by atoms with Crippen molar-refractivity contribution in [2.24, 2.45) is 11.7 Å². The van der Waals surface area contributed by atoms with Gasteiger partial charge in [-0.2, -0.15) is 4.98 Å². The molecule has 0 amide bonds. The van der Waals surface area contributed by atoms with Crippen LogP contribution in [0.5, 0.6) is 0 Å². The summed E-state index contributed by atoms with van der Waals surface area (Å²) < 4.78 is 10.5. The fourth-order valence-corrected chi connectivity index (χ4v) is 2.60.